The molecule has 11 heteroatoms. The fourth-order valence-corrected chi connectivity index (χ4v) is 5.72. The molecule has 0 spiro atoms. The average molecular weight is 473 g/mol. The van der Waals surface area contributed by atoms with Crippen LogP contribution in [0.15, 0.2) is 53.4 Å². The van der Waals surface area contributed by atoms with E-state index in [9.17, 15) is 22.8 Å². The highest BCUT2D eigenvalue weighted by Crippen LogP contribution is 2.29. The molecule has 2 aliphatic heterocycles. The van der Waals surface area contributed by atoms with Crippen molar-refractivity contribution in [3.05, 3.63) is 54.1 Å². The fraction of sp³-hybridized carbons (Fsp3) is 0.318. The van der Waals surface area contributed by atoms with Gasteiger partial charge in [-0.1, -0.05) is 18.2 Å². The number of anilines is 1. The summed E-state index contributed by atoms with van der Waals surface area (Å²) in [5.74, 6) is -0.901. The van der Waals surface area contributed by atoms with Crippen molar-refractivity contribution in [1.29, 1.82) is 0 Å². The van der Waals surface area contributed by atoms with Crippen molar-refractivity contribution in [2.45, 2.75) is 23.8 Å². The average Bonchev–Trinajstić information content (AvgIpc) is 3.12. The lowest BCUT2D eigenvalue weighted by Crippen LogP contribution is -2.48. The minimum atomic E-state index is -3.88. The van der Waals surface area contributed by atoms with Gasteiger partial charge in [-0.3, -0.25) is 9.59 Å². The Bertz CT molecular complexity index is 1190. The number of hydrogen-bond donors (Lipinski definition) is 1. The molecule has 2 aromatic rings. The Kier molecular flexibility index (Phi) is 6.09. The number of ether oxygens (including phenoxy) is 1. The third-order valence-electron chi connectivity index (χ3n) is 5.94. The van der Waals surface area contributed by atoms with Crippen LogP contribution in [0.4, 0.5) is 10.5 Å². The van der Waals surface area contributed by atoms with Crippen LogP contribution in [0.2, 0.25) is 0 Å². The van der Waals surface area contributed by atoms with Crippen LogP contribution in [-0.2, 0) is 14.8 Å². The van der Waals surface area contributed by atoms with Crippen LogP contribution in [0.5, 0.6) is 5.75 Å². The molecule has 2 N–H and O–H groups in total. The molecule has 0 aromatic heterocycles. The quantitative estimate of drug-likeness (QED) is 0.633. The number of imide groups is 1. The second kappa shape index (κ2) is 8.83. The smallest absolute Gasteiger partial charge is 0.332 e. The standard InChI is InChI=1S/C22H24N4O6S/c1-32-19-8-7-17(13-18(19)21(23)28)33(30,31)24-11-9-15(10-12-24)25-14-20(27)26(22(25)29)16-5-3-2-4-6-16/h2-8,13,15H,9-12,14H2,1H3,(H2,23,28). The van der Waals surface area contributed by atoms with Crippen LogP contribution in [-0.4, -0.2) is 68.3 Å². The van der Waals surface area contributed by atoms with Gasteiger partial charge in [0.1, 0.15) is 12.3 Å². The second-order valence-electron chi connectivity index (χ2n) is 7.84. The number of amides is 4. The van der Waals surface area contributed by atoms with Gasteiger partial charge in [-0.05, 0) is 43.2 Å². The Labute approximate surface area is 191 Å². The number of carbonyl (C=O) groups excluding carboxylic acids is 3. The molecule has 10 nitrogen and oxygen atoms in total. The Morgan fingerprint density at radius 1 is 1.06 bits per heavy atom. The minimum absolute atomic E-state index is 0.0179. The van der Waals surface area contributed by atoms with Crippen molar-refractivity contribution in [3.8, 4) is 5.75 Å². The Balaban J connectivity index is 1.47. The molecule has 174 valence electrons. The van der Waals surface area contributed by atoms with Crippen LogP contribution in [0.3, 0.4) is 0 Å². The molecule has 33 heavy (non-hydrogen) atoms. The minimum Gasteiger partial charge on any atom is -0.496 e. The van der Waals surface area contributed by atoms with Crippen molar-refractivity contribution in [2.75, 3.05) is 31.6 Å². The molecule has 0 radical (unpaired) electrons. The maximum Gasteiger partial charge on any atom is 0.332 e. The van der Waals surface area contributed by atoms with E-state index < -0.39 is 22.0 Å². The number of urea groups is 1. The summed E-state index contributed by atoms with van der Waals surface area (Å²) in [4.78, 5) is 39.7. The number of hydrogen-bond acceptors (Lipinski definition) is 6. The maximum atomic E-state index is 13.1. The fourth-order valence-electron chi connectivity index (χ4n) is 4.22. The number of nitrogens with two attached hydrogens (primary N) is 1. The van der Waals surface area contributed by atoms with Gasteiger partial charge in [0, 0.05) is 19.1 Å². The first kappa shape index (κ1) is 22.7. The molecule has 0 bridgehead atoms. The molecule has 2 aromatic carbocycles. The molecule has 0 unspecified atom stereocenters. The summed E-state index contributed by atoms with van der Waals surface area (Å²) in [6.07, 6.45) is 0.777. The van der Waals surface area contributed by atoms with Crippen LogP contribution < -0.4 is 15.4 Å². The summed E-state index contributed by atoms with van der Waals surface area (Å²) in [7, 11) is -2.51. The maximum absolute atomic E-state index is 13.1. The van der Waals surface area contributed by atoms with E-state index in [1.165, 1.54) is 34.5 Å². The molecular weight excluding hydrogens is 448 g/mol. The van der Waals surface area contributed by atoms with E-state index in [2.05, 4.69) is 0 Å². The van der Waals surface area contributed by atoms with Crippen LogP contribution in [0, 0.1) is 0 Å². The number of rotatable bonds is 6. The monoisotopic (exact) mass is 472 g/mol. The zero-order valence-corrected chi connectivity index (χ0v) is 18.8. The van der Waals surface area contributed by atoms with Gasteiger partial charge < -0.3 is 15.4 Å². The largest absolute Gasteiger partial charge is 0.496 e. The number of nitrogens with zero attached hydrogens (tertiary/aromatic N) is 3. The zero-order chi connectivity index (χ0) is 23.8. The molecule has 4 rings (SSSR count). The third kappa shape index (κ3) is 4.16. The first-order chi connectivity index (χ1) is 15.7. The van der Waals surface area contributed by atoms with Gasteiger partial charge in [-0.25, -0.2) is 18.1 Å². The van der Waals surface area contributed by atoms with E-state index in [0.29, 0.717) is 18.5 Å². The van der Waals surface area contributed by atoms with Gasteiger partial charge in [0.2, 0.25) is 10.0 Å². The lowest BCUT2D eigenvalue weighted by molar-refractivity contribution is -0.116. The normalized spacial score (nSPS) is 18.1. The van der Waals surface area contributed by atoms with Gasteiger partial charge in [0.25, 0.3) is 11.8 Å². The van der Waals surface area contributed by atoms with Gasteiger partial charge in [0.05, 0.1) is 23.3 Å². The molecular formula is C22H24N4O6S. The predicted octanol–water partition coefficient (Wildman–Crippen LogP) is 1.42. The number of para-hydroxylation sites is 1. The summed E-state index contributed by atoms with van der Waals surface area (Å²) in [5.41, 5.74) is 5.85. The van der Waals surface area contributed by atoms with Gasteiger partial charge >= 0.3 is 6.03 Å². The zero-order valence-electron chi connectivity index (χ0n) is 18.0. The number of piperidine rings is 1. The van der Waals surface area contributed by atoms with E-state index in [4.69, 9.17) is 10.5 Å². The van der Waals surface area contributed by atoms with Crippen LogP contribution >= 0.6 is 0 Å². The number of primary amides is 1. The van der Waals surface area contributed by atoms with Crippen molar-refractivity contribution >= 4 is 33.6 Å². The second-order valence-corrected chi connectivity index (χ2v) is 9.77. The molecule has 4 amide bonds. The van der Waals surface area contributed by atoms with E-state index in [1.54, 1.807) is 30.3 Å². The number of methoxy groups -OCH3 is 1. The number of benzene rings is 2. The van der Waals surface area contributed by atoms with Crippen LogP contribution in [0.25, 0.3) is 0 Å². The summed E-state index contributed by atoms with van der Waals surface area (Å²) in [6.45, 7) is 0.314. The first-order valence-electron chi connectivity index (χ1n) is 10.4. The Morgan fingerprint density at radius 2 is 1.73 bits per heavy atom. The lowest BCUT2D eigenvalue weighted by Gasteiger charge is -2.35. The Morgan fingerprint density at radius 3 is 2.33 bits per heavy atom. The van der Waals surface area contributed by atoms with E-state index in [1.807, 2.05) is 0 Å². The van der Waals surface area contributed by atoms with Gasteiger partial charge in [-0.15, -0.1) is 0 Å². The topological polar surface area (TPSA) is 130 Å². The van der Waals surface area contributed by atoms with Crippen molar-refractivity contribution in [2.24, 2.45) is 5.73 Å². The SMILES string of the molecule is COc1ccc(S(=O)(=O)N2CCC(N3CC(=O)N(c4ccccc4)C3=O)CC2)cc1C(N)=O. The molecule has 0 saturated carbocycles. The summed E-state index contributed by atoms with van der Waals surface area (Å²) < 4.78 is 32.7. The van der Waals surface area contributed by atoms with Crippen molar-refractivity contribution in [3.63, 3.8) is 0 Å². The van der Waals surface area contributed by atoms with E-state index in [-0.39, 0.29) is 47.8 Å². The molecule has 2 heterocycles. The van der Waals surface area contributed by atoms with Gasteiger partial charge in [0.15, 0.2) is 0 Å². The molecule has 2 saturated heterocycles. The Hall–Kier alpha value is -3.44. The summed E-state index contributed by atoms with van der Waals surface area (Å²) in [5, 5.41) is 0. The van der Waals surface area contributed by atoms with Crippen LogP contribution in [0.1, 0.15) is 23.2 Å². The van der Waals surface area contributed by atoms with Gasteiger partial charge in [-0.2, -0.15) is 4.31 Å². The summed E-state index contributed by atoms with van der Waals surface area (Å²) in [6, 6.07) is 12.0. The van der Waals surface area contributed by atoms with Crippen molar-refractivity contribution < 1.29 is 27.5 Å². The lowest BCUT2D eigenvalue weighted by atomic mass is 10.1. The van der Waals surface area contributed by atoms with E-state index in [0.717, 1.165) is 4.90 Å². The van der Waals surface area contributed by atoms with E-state index >= 15 is 0 Å². The molecule has 0 atom stereocenters. The molecule has 2 aliphatic rings. The third-order valence-corrected chi connectivity index (χ3v) is 7.84. The predicted molar refractivity (Wildman–Crippen MR) is 119 cm³/mol. The number of sulfonamides is 1. The first-order valence-corrected chi connectivity index (χ1v) is 11.8. The molecule has 2 fully saturated rings. The highest BCUT2D eigenvalue weighted by Gasteiger charge is 2.42. The number of carbonyl (C=O) groups is 3. The highest BCUT2D eigenvalue weighted by atomic mass is 32.2. The highest BCUT2D eigenvalue weighted by molar-refractivity contribution is 7.89. The summed E-state index contributed by atoms with van der Waals surface area (Å²) >= 11 is 0. The van der Waals surface area contributed by atoms with Crippen molar-refractivity contribution in [1.82, 2.24) is 9.21 Å². The molecule has 0 aliphatic carbocycles.